The summed E-state index contributed by atoms with van der Waals surface area (Å²) in [5, 5.41) is 1.75. The van der Waals surface area contributed by atoms with Crippen LogP contribution in [-0.4, -0.2) is 43.9 Å². The molecule has 2 rings (SSSR count). The van der Waals surface area contributed by atoms with E-state index < -0.39 is 0 Å². The Bertz CT molecular complexity index is 536. The number of hydrogen-bond donors (Lipinski definition) is 0. The Labute approximate surface area is 164 Å². The van der Waals surface area contributed by atoms with Crippen molar-refractivity contribution in [2.45, 2.75) is 77.9 Å². The van der Waals surface area contributed by atoms with Gasteiger partial charge in [-0.05, 0) is 57.9 Å². The normalized spacial score (nSPS) is 27.6. The molecule has 1 heterocycles. The van der Waals surface area contributed by atoms with Crippen molar-refractivity contribution in [1.29, 1.82) is 0 Å². The standard InChI is InChI=1S/C22H37NO4/c1-16(2)9-7-6-8-10-18(27-23(4)5)11-12-19-20-13-14-25-21(20)15-22(19)26-17(3)24/h9,11,19-22H,6-8,10,12-15H2,1-5H3/b18-11-/t19-,20?,21+,22-/m1/s1. The first kappa shape index (κ1) is 22.0. The summed E-state index contributed by atoms with van der Waals surface area (Å²) in [6, 6.07) is 0. The number of allylic oxidation sites excluding steroid dienone is 4. The zero-order chi connectivity index (χ0) is 19.8. The van der Waals surface area contributed by atoms with E-state index in [9.17, 15) is 4.79 Å². The van der Waals surface area contributed by atoms with Crippen LogP contribution in [-0.2, 0) is 19.1 Å². The number of nitrogens with zero attached hydrogens (tertiary/aromatic N) is 1. The van der Waals surface area contributed by atoms with E-state index in [0.717, 1.165) is 57.3 Å². The topological polar surface area (TPSA) is 48.0 Å². The fraction of sp³-hybridized carbons (Fsp3) is 0.773. The van der Waals surface area contributed by atoms with Gasteiger partial charge in [0.15, 0.2) is 0 Å². The van der Waals surface area contributed by atoms with Crippen molar-refractivity contribution in [2.24, 2.45) is 11.8 Å². The van der Waals surface area contributed by atoms with Crippen LogP contribution < -0.4 is 0 Å². The molecule has 0 aromatic rings. The molecular weight excluding hydrogens is 342 g/mol. The minimum atomic E-state index is -0.196. The lowest BCUT2D eigenvalue weighted by molar-refractivity contribution is -0.148. The van der Waals surface area contributed by atoms with Crippen LogP contribution in [0.2, 0.25) is 0 Å². The summed E-state index contributed by atoms with van der Waals surface area (Å²) < 4.78 is 11.4. The maximum absolute atomic E-state index is 11.5. The van der Waals surface area contributed by atoms with Crippen LogP contribution >= 0.6 is 0 Å². The van der Waals surface area contributed by atoms with E-state index in [4.69, 9.17) is 14.3 Å². The number of fused-ring (bicyclic) bond motifs is 1. The molecule has 2 fully saturated rings. The van der Waals surface area contributed by atoms with Gasteiger partial charge >= 0.3 is 5.97 Å². The molecule has 5 heteroatoms. The van der Waals surface area contributed by atoms with Gasteiger partial charge in [-0.15, -0.1) is 0 Å². The van der Waals surface area contributed by atoms with Crippen molar-refractivity contribution in [3.05, 3.63) is 23.5 Å². The zero-order valence-corrected chi connectivity index (χ0v) is 17.7. The number of carbonyl (C=O) groups excluding carboxylic acids is 1. The Balaban J connectivity index is 1.94. The minimum absolute atomic E-state index is 0.0349. The monoisotopic (exact) mass is 379 g/mol. The van der Waals surface area contributed by atoms with Gasteiger partial charge in [-0.3, -0.25) is 4.79 Å². The van der Waals surface area contributed by atoms with Crippen LogP contribution in [0.25, 0.3) is 0 Å². The molecule has 1 aliphatic carbocycles. The lowest BCUT2D eigenvalue weighted by Crippen LogP contribution is -2.24. The summed E-state index contributed by atoms with van der Waals surface area (Å²) in [7, 11) is 3.82. The second-order valence-corrected chi connectivity index (χ2v) is 8.25. The highest BCUT2D eigenvalue weighted by Gasteiger charge is 2.47. The molecule has 0 N–H and O–H groups in total. The smallest absolute Gasteiger partial charge is 0.302 e. The summed E-state index contributed by atoms with van der Waals surface area (Å²) in [6.07, 6.45) is 11.8. The summed E-state index contributed by atoms with van der Waals surface area (Å²) in [4.78, 5) is 17.4. The fourth-order valence-electron chi connectivity index (χ4n) is 4.27. The Hall–Kier alpha value is -1.33. The third kappa shape index (κ3) is 7.30. The first-order valence-electron chi connectivity index (χ1n) is 10.3. The van der Waals surface area contributed by atoms with Gasteiger partial charge < -0.3 is 14.3 Å². The van der Waals surface area contributed by atoms with Crippen LogP contribution in [0, 0.1) is 11.8 Å². The van der Waals surface area contributed by atoms with Crippen molar-refractivity contribution < 1.29 is 19.1 Å². The lowest BCUT2D eigenvalue weighted by Gasteiger charge is -2.23. The molecular formula is C22H37NO4. The van der Waals surface area contributed by atoms with E-state index in [1.165, 1.54) is 12.5 Å². The maximum Gasteiger partial charge on any atom is 0.302 e. The molecule has 1 aliphatic heterocycles. The van der Waals surface area contributed by atoms with Gasteiger partial charge in [0.05, 0.1) is 6.10 Å². The predicted octanol–water partition coefficient (Wildman–Crippen LogP) is 4.64. The van der Waals surface area contributed by atoms with Crippen molar-refractivity contribution >= 4 is 5.97 Å². The van der Waals surface area contributed by atoms with Crippen LogP contribution in [0.1, 0.15) is 65.7 Å². The van der Waals surface area contributed by atoms with E-state index in [1.54, 1.807) is 5.06 Å². The van der Waals surface area contributed by atoms with Gasteiger partial charge in [0.2, 0.25) is 0 Å². The van der Waals surface area contributed by atoms with Crippen molar-refractivity contribution in [2.75, 3.05) is 20.7 Å². The van der Waals surface area contributed by atoms with Crippen LogP contribution in [0.15, 0.2) is 23.5 Å². The highest BCUT2D eigenvalue weighted by atomic mass is 16.7. The van der Waals surface area contributed by atoms with E-state index in [1.807, 2.05) is 14.1 Å². The Morgan fingerprint density at radius 1 is 1.19 bits per heavy atom. The Kier molecular flexibility index (Phi) is 8.84. The fourth-order valence-corrected chi connectivity index (χ4v) is 4.27. The van der Waals surface area contributed by atoms with Gasteiger partial charge in [0.1, 0.15) is 11.9 Å². The molecule has 1 saturated heterocycles. The zero-order valence-electron chi connectivity index (χ0n) is 17.7. The molecule has 2 aliphatic rings. The molecule has 1 unspecified atom stereocenters. The third-order valence-corrected chi connectivity index (χ3v) is 5.42. The predicted molar refractivity (Wildman–Crippen MR) is 107 cm³/mol. The van der Waals surface area contributed by atoms with Crippen molar-refractivity contribution in [3.63, 3.8) is 0 Å². The van der Waals surface area contributed by atoms with E-state index in [0.29, 0.717) is 11.8 Å². The second kappa shape index (κ2) is 10.9. The van der Waals surface area contributed by atoms with Gasteiger partial charge in [-0.25, -0.2) is 0 Å². The Morgan fingerprint density at radius 2 is 1.96 bits per heavy atom. The van der Waals surface area contributed by atoms with Crippen LogP contribution in [0.4, 0.5) is 0 Å². The largest absolute Gasteiger partial charge is 0.462 e. The van der Waals surface area contributed by atoms with Gasteiger partial charge in [-0.1, -0.05) is 11.6 Å². The van der Waals surface area contributed by atoms with Crippen LogP contribution in [0.5, 0.6) is 0 Å². The summed E-state index contributed by atoms with van der Waals surface area (Å²) in [6.45, 7) is 6.60. The number of esters is 1. The molecule has 0 aromatic heterocycles. The highest BCUT2D eigenvalue weighted by Crippen LogP contribution is 2.44. The van der Waals surface area contributed by atoms with Gasteiger partial charge in [0.25, 0.3) is 0 Å². The number of ether oxygens (including phenoxy) is 2. The lowest BCUT2D eigenvalue weighted by atomic mass is 9.89. The molecule has 5 nitrogen and oxygen atoms in total. The van der Waals surface area contributed by atoms with E-state index in [2.05, 4.69) is 26.0 Å². The number of unbranched alkanes of at least 4 members (excludes halogenated alkanes) is 2. The molecule has 1 saturated carbocycles. The molecule has 0 spiro atoms. The molecule has 0 radical (unpaired) electrons. The molecule has 0 bridgehead atoms. The molecule has 27 heavy (non-hydrogen) atoms. The van der Waals surface area contributed by atoms with Crippen molar-refractivity contribution in [3.8, 4) is 0 Å². The van der Waals surface area contributed by atoms with Crippen molar-refractivity contribution in [1.82, 2.24) is 5.06 Å². The molecule has 4 atom stereocenters. The summed E-state index contributed by atoms with van der Waals surface area (Å²) in [5.41, 5.74) is 1.38. The number of hydrogen-bond acceptors (Lipinski definition) is 5. The summed E-state index contributed by atoms with van der Waals surface area (Å²) in [5.74, 6) is 1.64. The van der Waals surface area contributed by atoms with Gasteiger partial charge in [0, 0.05) is 46.4 Å². The first-order chi connectivity index (χ1) is 12.9. The summed E-state index contributed by atoms with van der Waals surface area (Å²) >= 11 is 0. The Morgan fingerprint density at radius 3 is 2.63 bits per heavy atom. The highest BCUT2D eigenvalue weighted by molar-refractivity contribution is 5.66. The average Bonchev–Trinajstić information content (AvgIpc) is 3.12. The number of carbonyl (C=O) groups is 1. The van der Waals surface area contributed by atoms with E-state index in [-0.39, 0.29) is 18.2 Å². The molecule has 0 aromatic carbocycles. The quantitative estimate of drug-likeness (QED) is 0.182. The molecule has 0 amide bonds. The second-order valence-electron chi connectivity index (χ2n) is 8.25. The minimum Gasteiger partial charge on any atom is -0.462 e. The SMILES string of the molecule is CC(=O)O[C@@H]1C[C@@H]2OCCC2[C@H]1C/C=C(/CCCCC=C(C)C)ON(C)C. The maximum atomic E-state index is 11.5. The number of hydroxylamine groups is 2. The third-order valence-electron chi connectivity index (χ3n) is 5.42. The average molecular weight is 380 g/mol. The molecule has 154 valence electrons. The van der Waals surface area contributed by atoms with Gasteiger partial charge in [-0.2, -0.15) is 5.06 Å². The number of rotatable bonds is 10. The van der Waals surface area contributed by atoms with E-state index >= 15 is 0 Å². The first-order valence-corrected chi connectivity index (χ1v) is 10.3. The van der Waals surface area contributed by atoms with Crippen LogP contribution in [0.3, 0.4) is 0 Å².